The van der Waals surface area contributed by atoms with Gasteiger partial charge in [-0.3, -0.25) is 19.2 Å². The molecule has 1 aliphatic rings. The second-order valence-corrected chi connectivity index (χ2v) is 22.9. The Morgan fingerprint density at radius 3 is 1.84 bits per heavy atom. The van der Waals surface area contributed by atoms with Crippen LogP contribution in [0.5, 0.6) is 11.5 Å². The number of carbonyl (C=O) groups is 7. The van der Waals surface area contributed by atoms with E-state index >= 15 is 4.79 Å². The van der Waals surface area contributed by atoms with Crippen LogP contribution < -0.4 is 25.4 Å². The number of hydrogen-bond donors (Lipinski definition) is 4. The predicted molar refractivity (Wildman–Crippen MR) is 296 cm³/mol. The topological polar surface area (TPSA) is 216 Å². The summed E-state index contributed by atoms with van der Waals surface area (Å²) in [5.74, 6) is -4.37. The molecule has 4 atom stereocenters. The van der Waals surface area contributed by atoms with Crippen molar-refractivity contribution in [1.82, 2.24) is 20.9 Å². The molecule has 4 aromatic carbocycles. The average Bonchev–Trinajstić information content (AvgIpc) is 3.35. The maximum absolute atomic E-state index is 15.2. The van der Waals surface area contributed by atoms with Crippen LogP contribution in [0.25, 0.3) is 22.3 Å². The first-order valence-corrected chi connectivity index (χ1v) is 26.7. The fraction of sp³-hybridized carbons (Fsp3) is 0.492. The van der Waals surface area contributed by atoms with Crippen molar-refractivity contribution in [2.24, 2.45) is 11.8 Å². The number of benzene rings is 4. The lowest BCUT2D eigenvalue weighted by Crippen LogP contribution is -2.45. The summed E-state index contributed by atoms with van der Waals surface area (Å²) < 4.78 is 23.4. The molecule has 0 fully saturated rings. The van der Waals surface area contributed by atoms with E-state index in [0.29, 0.717) is 65.2 Å². The lowest BCUT2D eigenvalue weighted by Gasteiger charge is -2.32. The fourth-order valence-corrected chi connectivity index (χ4v) is 8.92. The molecule has 0 spiro atoms. The molecule has 0 radical (unpaired) electrons. The third-order valence-corrected chi connectivity index (χ3v) is 12.9. The van der Waals surface area contributed by atoms with Gasteiger partial charge in [-0.1, -0.05) is 102 Å². The number of carboxylic acid groups (broad SMARTS) is 1. The average molecular weight is 1060 g/mol. The Balaban J connectivity index is 1.55. The molecule has 0 unspecified atom stereocenters. The van der Waals surface area contributed by atoms with E-state index in [9.17, 15) is 33.9 Å². The van der Waals surface area contributed by atoms with Crippen molar-refractivity contribution < 1.29 is 57.6 Å². The first-order chi connectivity index (χ1) is 36.1. The number of aliphatic carboxylic acids is 1. The number of likely N-dealkylation sites (N-methyl/N-ethyl adjacent to an activating group) is 1. The fourth-order valence-electron chi connectivity index (χ4n) is 8.92. The maximum atomic E-state index is 15.2. The van der Waals surface area contributed by atoms with Crippen molar-refractivity contribution in [3.63, 3.8) is 0 Å². The van der Waals surface area contributed by atoms with E-state index in [2.05, 4.69) is 61.0 Å². The summed E-state index contributed by atoms with van der Waals surface area (Å²) in [4.78, 5) is 97.3. The Labute approximate surface area is 454 Å². The summed E-state index contributed by atoms with van der Waals surface area (Å²) >= 11 is 0. The van der Waals surface area contributed by atoms with Crippen LogP contribution in [0.4, 0.5) is 9.59 Å². The highest BCUT2D eigenvalue weighted by Gasteiger charge is 2.36. The van der Waals surface area contributed by atoms with Gasteiger partial charge in [-0.2, -0.15) is 0 Å². The number of Topliss-reactive ketones (excluding diaryl/α,β-unsaturated/α-hetero) is 2. The second-order valence-electron chi connectivity index (χ2n) is 22.9. The van der Waals surface area contributed by atoms with Crippen LogP contribution in [0, 0.1) is 11.8 Å². The van der Waals surface area contributed by atoms with Gasteiger partial charge in [0.25, 0.3) is 0 Å². The zero-order valence-electron chi connectivity index (χ0n) is 47.1. The van der Waals surface area contributed by atoms with Gasteiger partial charge in [0.15, 0.2) is 11.6 Å². The molecule has 16 nitrogen and oxygen atoms in total. The number of nitrogens with zero attached hydrogens (tertiary/aromatic N) is 1. The van der Waals surface area contributed by atoms with E-state index in [-0.39, 0.29) is 56.6 Å². The third-order valence-electron chi connectivity index (χ3n) is 12.9. The molecule has 1 heterocycles. The molecule has 16 heteroatoms. The van der Waals surface area contributed by atoms with Gasteiger partial charge >= 0.3 is 18.2 Å². The smallest absolute Gasteiger partial charge is 0.407 e. The van der Waals surface area contributed by atoms with Gasteiger partial charge < -0.3 is 44.9 Å². The molecule has 4 bridgehead atoms. The predicted octanol–water partition coefficient (Wildman–Crippen LogP) is 10.8. The second kappa shape index (κ2) is 26.7. The Morgan fingerprint density at radius 1 is 0.714 bits per heavy atom. The molecule has 0 aliphatic carbocycles. The summed E-state index contributed by atoms with van der Waals surface area (Å²) in [6.07, 6.45) is -0.0877. The van der Waals surface area contributed by atoms with E-state index < -0.39 is 70.9 Å². The van der Waals surface area contributed by atoms with Crippen molar-refractivity contribution in [3.05, 3.63) is 107 Å². The normalized spacial score (nSPS) is 16.4. The van der Waals surface area contributed by atoms with Crippen LogP contribution >= 0.6 is 0 Å². The minimum absolute atomic E-state index is 0.00719. The molecular formula is C61H80N4O12. The van der Waals surface area contributed by atoms with Crippen LogP contribution in [-0.4, -0.2) is 102 Å². The molecule has 0 saturated carbocycles. The minimum atomic E-state index is -1.36. The minimum Gasteiger partial charge on any atom is -0.493 e. The van der Waals surface area contributed by atoms with Crippen molar-refractivity contribution >= 4 is 41.5 Å². The summed E-state index contributed by atoms with van der Waals surface area (Å²) in [5, 5.41) is 18.4. The largest absolute Gasteiger partial charge is 0.493 e. The van der Waals surface area contributed by atoms with Crippen LogP contribution in [0.1, 0.15) is 148 Å². The van der Waals surface area contributed by atoms with Crippen molar-refractivity contribution in [3.8, 4) is 33.8 Å². The van der Waals surface area contributed by atoms with Crippen molar-refractivity contribution in [2.45, 2.75) is 150 Å². The molecular weight excluding hydrogens is 981 g/mol. The number of unbranched alkanes of at least 4 members (excludes halogenated alkanes) is 1. The zero-order valence-corrected chi connectivity index (χ0v) is 47.1. The van der Waals surface area contributed by atoms with E-state index in [1.54, 1.807) is 90.1 Å². The highest BCUT2D eigenvalue weighted by molar-refractivity contribution is 6.00. The molecule has 4 amide bonds. The molecule has 0 aromatic heterocycles. The van der Waals surface area contributed by atoms with Crippen LogP contribution in [-0.2, 0) is 40.5 Å². The van der Waals surface area contributed by atoms with Gasteiger partial charge in [0.2, 0.25) is 11.8 Å². The number of fused-ring (bicyclic) bond motifs is 5. The van der Waals surface area contributed by atoms with Gasteiger partial charge in [0, 0.05) is 61.4 Å². The number of nitrogens with one attached hydrogen (secondary N) is 3. The lowest BCUT2D eigenvalue weighted by atomic mass is 9.86. The van der Waals surface area contributed by atoms with Gasteiger partial charge in [-0.25, -0.2) is 14.4 Å². The quantitative estimate of drug-likeness (QED) is 0.0510. The molecule has 4 aromatic rings. The monoisotopic (exact) mass is 1060 g/mol. The summed E-state index contributed by atoms with van der Waals surface area (Å²) in [7, 11) is 1.51. The lowest BCUT2D eigenvalue weighted by molar-refractivity contribution is -0.144. The number of ether oxygens (including phenoxy) is 4. The van der Waals surface area contributed by atoms with Gasteiger partial charge in [-0.15, -0.1) is 0 Å². The molecule has 416 valence electrons. The summed E-state index contributed by atoms with van der Waals surface area (Å²) in [5.41, 5.74) is 3.97. The highest BCUT2D eigenvalue weighted by Crippen LogP contribution is 2.41. The van der Waals surface area contributed by atoms with Gasteiger partial charge in [0.1, 0.15) is 41.4 Å². The van der Waals surface area contributed by atoms with E-state index in [0.717, 1.165) is 11.1 Å². The Kier molecular flexibility index (Phi) is 21.0. The number of alkyl carbamates (subject to hydrolysis) is 2. The molecule has 5 rings (SSSR count). The van der Waals surface area contributed by atoms with Gasteiger partial charge in [0.05, 0.1) is 13.2 Å². The Bertz CT molecular complexity index is 2720. The molecule has 77 heavy (non-hydrogen) atoms. The number of rotatable bonds is 19. The number of ketones is 2. The standard InChI is InChI=1S/C61H80N4O12/c1-13-31-74-52-28-24-43-36-47(52)46-34-39(17-27-51(46)75-32-30-63-58(73)77-61(9,10)11)35-48(56(70)71)64-54(68)38(2)33-50(67)53(43)65(12)55(69)44(16-14-15-29-62-57(72)76-60(6,7)8)37-49(66)42-20-18-40(19-21-42)41-22-25-45(26-23-41)59(3,4)5/h17-28,34,36,38,44,48,53H,13-16,29-33,35,37H2,1-12H3,(H,62,72)(H,63,73)(H,64,68)(H,70,71)/t38-,44-,48+,53+/m1/s1. The van der Waals surface area contributed by atoms with Crippen LogP contribution in [0.2, 0.25) is 0 Å². The van der Waals surface area contributed by atoms with Crippen molar-refractivity contribution in [2.75, 3.05) is 33.4 Å². The first-order valence-electron chi connectivity index (χ1n) is 26.7. The number of hydrogen-bond acceptors (Lipinski definition) is 11. The van der Waals surface area contributed by atoms with E-state index in [1.807, 2.05) is 19.1 Å². The van der Waals surface area contributed by atoms with Crippen LogP contribution in [0.15, 0.2) is 84.9 Å². The Morgan fingerprint density at radius 2 is 1.27 bits per heavy atom. The number of carboxylic acids is 1. The number of carbonyl (C=O) groups excluding carboxylic acids is 6. The SMILES string of the molecule is CCCOc1ccc2cc1-c1cc(ccc1OCCNC(=O)OC(C)(C)C)C[C@@H](C(=O)O)NC(=O)[C@H](C)CC(=O)[C@H]2N(C)C(=O)[C@H](CCCCNC(=O)OC(C)(C)C)CC(=O)c1ccc(-c2ccc(C(C)(C)C)cc2)cc1. The molecule has 1 aliphatic heterocycles. The third kappa shape index (κ3) is 18.2. The van der Waals surface area contributed by atoms with E-state index in [4.69, 9.17) is 18.9 Å². The maximum Gasteiger partial charge on any atom is 0.407 e. The summed E-state index contributed by atoms with van der Waals surface area (Å²) in [6.45, 7) is 21.2. The molecule has 4 N–H and O–H groups in total. The first kappa shape index (κ1) is 60.6. The van der Waals surface area contributed by atoms with E-state index in [1.165, 1.54) is 24.4 Å². The summed E-state index contributed by atoms with van der Waals surface area (Å²) in [6, 6.07) is 23.2. The zero-order chi connectivity index (χ0) is 56.8. The Hall–Kier alpha value is -7.23. The highest BCUT2D eigenvalue weighted by atomic mass is 16.6. The number of amides is 4. The van der Waals surface area contributed by atoms with Gasteiger partial charge in [-0.05, 0) is 118 Å². The van der Waals surface area contributed by atoms with Crippen molar-refractivity contribution in [1.29, 1.82) is 0 Å². The van der Waals surface area contributed by atoms with Crippen LogP contribution in [0.3, 0.4) is 0 Å². The molecule has 0 saturated heterocycles.